The maximum absolute atomic E-state index is 13.3. The number of rotatable bonds is 6. The molecular formula is C22H27N3O3. The highest BCUT2D eigenvalue weighted by Crippen LogP contribution is 2.27. The molecule has 1 saturated heterocycles. The lowest BCUT2D eigenvalue weighted by atomic mass is 10.0. The van der Waals surface area contributed by atoms with Gasteiger partial charge in [-0.1, -0.05) is 30.3 Å². The van der Waals surface area contributed by atoms with Gasteiger partial charge in [0.05, 0.1) is 7.11 Å². The average molecular weight is 381 g/mol. The van der Waals surface area contributed by atoms with E-state index in [0.717, 1.165) is 12.0 Å². The van der Waals surface area contributed by atoms with Crippen LogP contribution < -0.4 is 15.8 Å². The number of nitrogens with zero attached hydrogens (tertiary/aromatic N) is 1. The first kappa shape index (κ1) is 19.9. The molecule has 1 aliphatic heterocycles. The Morgan fingerprint density at radius 2 is 1.86 bits per heavy atom. The van der Waals surface area contributed by atoms with E-state index in [2.05, 4.69) is 5.32 Å². The van der Waals surface area contributed by atoms with Crippen LogP contribution in [-0.2, 0) is 4.79 Å². The number of nitrogens with two attached hydrogens (primary N) is 1. The fraction of sp³-hybridized carbons (Fsp3) is 0.364. The summed E-state index contributed by atoms with van der Waals surface area (Å²) in [6.07, 6.45) is 0.885. The Bertz CT molecular complexity index is 808. The summed E-state index contributed by atoms with van der Waals surface area (Å²) in [4.78, 5) is 28.0. The maximum atomic E-state index is 13.3. The number of amides is 2. The zero-order valence-electron chi connectivity index (χ0n) is 16.3. The number of carbonyl (C=O) groups is 2. The van der Waals surface area contributed by atoms with Crippen molar-refractivity contribution >= 4 is 11.8 Å². The smallest absolute Gasteiger partial charge is 0.252 e. The van der Waals surface area contributed by atoms with E-state index < -0.39 is 6.04 Å². The Hall–Kier alpha value is -2.86. The third kappa shape index (κ3) is 4.34. The molecule has 2 aromatic rings. The standard InChI is InChI=1S/C22H27N3O3/c1-15-12-16(13-23)14-25(15)22(27)20(17-6-4-3-5-7-17)24-21(26)18-8-10-19(28-2)11-9-18/h3-11,15-16,20H,12-14,23H2,1-2H3,(H,24,26). The third-order valence-corrected chi connectivity index (χ3v) is 5.29. The monoisotopic (exact) mass is 381 g/mol. The van der Waals surface area contributed by atoms with E-state index in [9.17, 15) is 9.59 Å². The second-order valence-electron chi connectivity index (χ2n) is 7.22. The molecule has 2 amide bonds. The van der Waals surface area contributed by atoms with Gasteiger partial charge in [0.1, 0.15) is 11.8 Å². The van der Waals surface area contributed by atoms with Crippen LogP contribution in [0.15, 0.2) is 54.6 Å². The predicted octanol–water partition coefficient (Wildman–Crippen LogP) is 2.36. The number of likely N-dealkylation sites (tertiary alicyclic amines) is 1. The number of hydrogen-bond acceptors (Lipinski definition) is 4. The van der Waals surface area contributed by atoms with Gasteiger partial charge in [0.25, 0.3) is 5.91 Å². The van der Waals surface area contributed by atoms with E-state index in [1.165, 1.54) is 0 Å². The van der Waals surface area contributed by atoms with Crippen molar-refractivity contribution in [3.63, 3.8) is 0 Å². The highest BCUT2D eigenvalue weighted by atomic mass is 16.5. The van der Waals surface area contributed by atoms with Crippen molar-refractivity contribution in [2.24, 2.45) is 11.7 Å². The van der Waals surface area contributed by atoms with E-state index in [-0.39, 0.29) is 17.9 Å². The van der Waals surface area contributed by atoms with E-state index in [4.69, 9.17) is 10.5 Å². The number of hydrogen-bond donors (Lipinski definition) is 2. The van der Waals surface area contributed by atoms with E-state index >= 15 is 0 Å². The summed E-state index contributed by atoms with van der Waals surface area (Å²) in [5.74, 6) is 0.571. The summed E-state index contributed by atoms with van der Waals surface area (Å²) in [7, 11) is 1.57. The van der Waals surface area contributed by atoms with Crippen molar-refractivity contribution in [1.82, 2.24) is 10.2 Å². The van der Waals surface area contributed by atoms with Crippen molar-refractivity contribution < 1.29 is 14.3 Å². The van der Waals surface area contributed by atoms with Gasteiger partial charge in [-0.05, 0) is 55.6 Å². The molecule has 3 N–H and O–H groups in total. The van der Waals surface area contributed by atoms with Crippen LogP contribution in [0.2, 0.25) is 0 Å². The quantitative estimate of drug-likeness (QED) is 0.804. The molecular weight excluding hydrogens is 354 g/mol. The molecule has 6 nitrogen and oxygen atoms in total. The van der Waals surface area contributed by atoms with Crippen molar-refractivity contribution in [2.45, 2.75) is 25.4 Å². The number of nitrogens with one attached hydrogen (secondary N) is 1. The molecule has 0 aromatic heterocycles. The highest BCUT2D eigenvalue weighted by molar-refractivity contribution is 5.98. The Kier molecular flexibility index (Phi) is 6.31. The van der Waals surface area contributed by atoms with Gasteiger partial charge in [0, 0.05) is 18.2 Å². The topological polar surface area (TPSA) is 84.7 Å². The molecule has 3 rings (SSSR count). The zero-order valence-corrected chi connectivity index (χ0v) is 16.3. The van der Waals surface area contributed by atoms with Crippen molar-refractivity contribution in [1.29, 1.82) is 0 Å². The first-order valence-electron chi connectivity index (χ1n) is 9.54. The fourth-order valence-electron chi connectivity index (χ4n) is 3.68. The SMILES string of the molecule is COc1ccc(C(=O)NC(C(=O)N2CC(CN)CC2C)c2ccccc2)cc1. The molecule has 0 radical (unpaired) electrons. The van der Waals surface area contributed by atoms with E-state index in [1.54, 1.807) is 31.4 Å². The lowest BCUT2D eigenvalue weighted by Crippen LogP contribution is -2.44. The van der Waals surface area contributed by atoms with Crippen molar-refractivity contribution in [2.75, 3.05) is 20.2 Å². The maximum Gasteiger partial charge on any atom is 0.252 e. The van der Waals surface area contributed by atoms with Gasteiger partial charge in [0.15, 0.2) is 0 Å². The van der Waals surface area contributed by atoms with Gasteiger partial charge in [-0.3, -0.25) is 9.59 Å². The van der Waals surface area contributed by atoms with Gasteiger partial charge >= 0.3 is 0 Å². The Morgan fingerprint density at radius 1 is 1.18 bits per heavy atom. The largest absolute Gasteiger partial charge is 0.497 e. The summed E-state index contributed by atoms with van der Waals surface area (Å²) in [6, 6.07) is 15.5. The molecule has 0 aliphatic carbocycles. The molecule has 0 saturated carbocycles. The van der Waals surface area contributed by atoms with E-state index in [0.29, 0.717) is 30.3 Å². The van der Waals surface area contributed by atoms with Gasteiger partial charge in [-0.25, -0.2) is 0 Å². The minimum atomic E-state index is -0.741. The highest BCUT2D eigenvalue weighted by Gasteiger charge is 2.36. The van der Waals surface area contributed by atoms with Crippen molar-refractivity contribution in [3.8, 4) is 5.75 Å². The summed E-state index contributed by atoms with van der Waals surface area (Å²) < 4.78 is 5.13. The predicted molar refractivity (Wildman–Crippen MR) is 108 cm³/mol. The molecule has 0 spiro atoms. The van der Waals surface area contributed by atoms with Crippen LogP contribution in [0.25, 0.3) is 0 Å². The summed E-state index contributed by atoms with van der Waals surface area (Å²) in [5, 5.41) is 2.91. The molecule has 3 unspecified atom stereocenters. The Morgan fingerprint density at radius 3 is 2.43 bits per heavy atom. The van der Waals surface area contributed by atoms with Crippen LogP contribution in [0, 0.1) is 5.92 Å². The Labute approximate surface area is 165 Å². The van der Waals surface area contributed by atoms with Crippen LogP contribution in [0.1, 0.15) is 35.3 Å². The summed E-state index contributed by atoms with van der Waals surface area (Å²) in [6.45, 7) is 3.21. The minimum absolute atomic E-state index is 0.100. The number of ether oxygens (including phenoxy) is 1. The van der Waals surface area contributed by atoms with Crippen LogP contribution in [0.5, 0.6) is 5.75 Å². The lowest BCUT2D eigenvalue weighted by Gasteiger charge is -2.28. The first-order chi connectivity index (χ1) is 13.5. The molecule has 2 aromatic carbocycles. The second-order valence-corrected chi connectivity index (χ2v) is 7.22. The summed E-state index contributed by atoms with van der Waals surface area (Å²) in [5.41, 5.74) is 7.05. The zero-order chi connectivity index (χ0) is 20.1. The molecule has 148 valence electrons. The van der Waals surface area contributed by atoms with E-state index in [1.807, 2.05) is 42.2 Å². The number of carbonyl (C=O) groups excluding carboxylic acids is 2. The number of benzene rings is 2. The van der Waals surface area contributed by atoms with Gasteiger partial charge < -0.3 is 20.7 Å². The molecule has 0 bridgehead atoms. The normalized spacial score (nSPS) is 19.9. The fourth-order valence-corrected chi connectivity index (χ4v) is 3.68. The van der Waals surface area contributed by atoms with Crippen LogP contribution in [0.4, 0.5) is 0 Å². The average Bonchev–Trinajstić information content (AvgIpc) is 3.13. The minimum Gasteiger partial charge on any atom is -0.497 e. The molecule has 28 heavy (non-hydrogen) atoms. The second kappa shape index (κ2) is 8.89. The van der Waals surface area contributed by atoms with Crippen LogP contribution in [0.3, 0.4) is 0 Å². The molecule has 1 fully saturated rings. The molecule has 3 atom stereocenters. The van der Waals surface area contributed by atoms with Crippen molar-refractivity contribution in [3.05, 3.63) is 65.7 Å². The van der Waals surface area contributed by atoms with Crippen LogP contribution in [-0.4, -0.2) is 43.0 Å². The Balaban J connectivity index is 1.83. The van der Waals surface area contributed by atoms with Gasteiger partial charge in [-0.15, -0.1) is 0 Å². The van der Waals surface area contributed by atoms with Crippen LogP contribution >= 0.6 is 0 Å². The molecule has 1 heterocycles. The number of methoxy groups -OCH3 is 1. The first-order valence-corrected chi connectivity index (χ1v) is 9.54. The molecule has 6 heteroatoms. The molecule has 1 aliphatic rings. The lowest BCUT2D eigenvalue weighted by molar-refractivity contribution is -0.134. The third-order valence-electron chi connectivity index (χ3n) is 5.29. The van der Waals surface area contributed by atoms with Gasteiger partial charge in [-0.2, -0.15) is 0 Å². The summed E-state index contributed by atoms with van der Waals surface area (Å²) >= 11 is 0. The van der Waals surface area contributed by atoms with Gasteiger partial charge in [0.2, 0.25) is 5.91 Å².